The van der Waals surface area contributed by atoms with Crippen molar-refractivity contribution in [2.45, 2.75) is 11.4 Å². The zero-order valence-corrected chi connectivity index (χ0v) is 15.8. The highest BCUT2D eigenvalue weighted by Crippen LogP contribution is 2.23. The summed E-state index contributed by atoms with van der Waals surface area (Å²) < 4.78 is 37.3. The summed E-state index contributed by atoms with van der Waals surface area (Å²) in [6, 6.07) is 15.7. The number of urea groups is 1. The van der Waals surface area contributed by atoms with E-state index in [-0.39, 0.29) is 11.4 Å². The van der Waals surface area contributed by atoms with Crippen molar-refractivity contribution in [3.8, 4) is 5.75 Å². The smallest absolute Gasteiger partial charge is 0.323 e. The van der Waals surface area contributed by atoms with E-state index in [1.165, 1.54) is 37.6 Å². The Balaban J connectivity index is 1.61. The number of benzene rings is 2. The van der Waals surface area contributed by atoms with E-state index in [1.807, 2.05) is 0 Å². The first-order valence-electron chi connectivity index (χ1n) is 8.31. The molecule has 0 aliphatic rings. The van der Waals surface area contributed by atoms with Crippen molar-refractivity contribution in [3.05, 3.63) is 72.7 Å². The molecule has 146 valence electrons. The number of hydrogen-bond acceptors (Lipinski definition) is 5. The van der Waals surface area contributed by atoms with Gasteiger partial charge in [0, 0.05) is 5.69 Å². The lowest BCUT2D eigenvalue weighted by Gasteiger charge is -2.11. The summed E-state index contributed by atoms with van der Waals surface area (Å²) in [7, 11) is -2.18. The molecule has 0 saturated heterocycles. The minimum absolute atomic E-state index is 0.0522. The Kier molecular flexibility index (Phi) is 5.97. The Labute approximate surface area is 162 Å². The third-order valence-electron chi connectivity index (χ3n) is 3.79. The van der Waals surface area contributed by atoms with Crippen molar-refractivity contribution in [2.24, 2.45) is 0 Å². The fourth-order valence-corrected chi connectivity index (χ4v) is 3.41. The number of nitrogens with one attached hydrogen (secondary N) is 3. The maximum Gasteiger partial charge on any atom is 0.323 e. The van der Waals surface area contributed by atoms with Gasteiger partial charge in [-0.1, -0.05) is 12.1 Å². The van der Waals surface area contributed by atoms with Crippen molar-refractivity contribution in [1.29, 1.82) is 0 Å². The van der Waals surface area contributed by atoms with Gasteiger partial charge in [-0.2, -0.15) is 0 Å². The number of anilines is 2. The zero-order chi connectivity index (χ0) is 20.0. The number of furan rings is 1. The topological polar surface area (TPSA) is 110 Å². The Hall–Kier alpha value is -3.30. The van der Waals surface area contributed by atoms with Gasteiger partial charge < -0.3 is 19.8 Å². The van der Waals surface area contributed by atoms with Crippen LogP contribution in [0.4, 0.5) is 16.2 Å². The lowest BCUT2D eigenvalue weighted by atomic mass is 10.3. The average Bonchev–Trinajstić information content (AvgIpc) is 3.21. The van der Waals surface area contributed by atoms with Gasteiger partial charge in [-0.25, -0.2) is 17.9 Å². The van der Waals surface area contributed by atoms with Crippen molar-refractivity contribution in [3.63, 3.8) is 0 Å². The normalized spacial score (nSPS) is 11.0. The van der Waals surface area contributed by atoms with Crippen LogP contribution in [0.2, 0.25) is 0 Å². The first kappa shape index (κ1) is 19.5. The molecule has 2 amide bonds. The summed E-state index contributed by atoms with van der Waals surface area (Å²) in [5.41, 5.74) is 0.959. The molecule has 0 fully saturated rings. The SMILES string of the molecule is COc1ccccc1NC(=O)Nc1ccc(S(=O)(=O)NCc2ccco2)cc1. The van der Waals surface area contributed by atoms with E-state index < -0.39 is 16.1 Å². The predicted molar refractivity (Wildman–Crippen MR) is 105 cm³/mol. The van der Waals surface area contributed by atoms with Gasteiger partial charge in [0.25, 0.3) is 0 Å². The molecular weight excluding hydrogens is 382 g/mol. The summed E-state index contributed by atoms with van der Waals surface area (Å²) >= 11 is 0. The van der Waals surface area contributed by atoms with Crippen molar-refractivity contribution >= 4 is 27.4 Å². The minimum atomic E-state index is -3.69. The molecule has 2 aromatic carbocycles. The van der Waals surface area contributed by atoms with E-state index in [0.717, 1.165) is 0 Å². The average molecular weight is 401 g/mol. The predicted octanol–water partition coefficient (Wildman–Crippen LogP) is 3.41. The van der Waals surface area contributed by atoms with Crippen LogP contribution in [-0.2, 0) is 16.6 Å². The van der Waals surface area contributed by atoms with Crippen LogP contribution in [0.5, 0.6) is 5.75 Å². The summed E-state index contributed by atoms with van der Waals surface area (Å²) in [5, 5.41) is 5.31. The molecule has 28 heavy (non-hydrogen) atoms. The van der Waals surface area contributed by atoms with Crippen LogP contribution in [0, 0.1) is 0 Å². The Morgan fingerprint density at radius 1 is 1.00 bits per heavy atom. The van der Waals surface area contributed by atoms with Gasteiger partial charge >= 0.3 is 6.03 Å². The molecule has 0 atom stereocenters. The van der Waals surface area contributed by atoms with Crippen LogP contribution in [0.1, 0.15) is 5.76 Å². The minimum Gasteiger partial charge on any atom is -0.495 e. The van der Waals surface area contributed by atoms with E-state index in [4.69, 9.17) is 9.15 Å². The highest BCUT2D eigenvalue weighted by molar-refractivity contribution is 7.89. The number of carbonyl (C=O) groups is 1. The van der Waals surface area contributed by atoms with E-state index in [0.29, 0.717) is 22.9 Å². The zero-order valence-electron chi connectivity index (χ0n) is 15.0. The fourth-order valence-electron chi connectivity index (χ4n) is 2.41. The van der Waals surface area contributed by atoms with Crippen molar-refractivity contribution in [2.75, 3.05) is 17.7 Å². The molecule has 9 heteroatoms. The number of ether oxygens (including phenoxy) is 1. The van der Waals surface area contributed by atoms with Crippen LogP contribution < -0.4 is 20.1 Å². The molecule has 3 aromatic rings. The monoisotopic (exact) mass is 401 g/mol. The third kappa shape index (κ3) is 4.90. The van der Waals surface area contributed by atoms with Gasteiger partial charge in [0.15, 0.2) is 0 Å². The summed E-state index contributed by atoms with van der Waals surface area (Å²) in [6.45, 7) is 0.0522. The maximum absolute atomic E-state index is 12.3. The lowest BCUT2D eigenvalue weighted by Crippen LogP contribution is -2.23. The van der Waals surface area contributed by atoms with Gasteiger partial charge in [0.1, 0.15) is 11.5 Å². The number of sulfonamides is 1. The quantitative estimate of drug-likeness (QED) is 0.562. The molecule has 1 aromatic heterocycles. The van der Waals surface area contributed by atoms with Crippen LogP contribution in [0.25, 0.3) is 0 Å². The molecule has 0 aliphatic heterocycles. The van der Waals surface area contributed by atoms with Gasteiger partial charge in [-0.05, 0) is 48.5 Å². The lowest BCUT2D eigenvalue weighted by molar-refractivity contribution is 0.262. The summed E-state index contributed by atoms with van der Waals surface area (Å²) in [4.78, 5) is 12.2. The van der Waals surface area contributed by atoms with Gasteiger partial charge in [-0.3, -0.25) is 0 Å². The fraction of sp³-hybridized carbons (Fsp3) is 0.105. The molecule has 0 spiro atoms. The Morgan fingerprint density at radius 3 is 2.43 bits per heavy atom. The number of carbonyl (C=O) groups excluding carboxylic acids is 1. The van der Waals surface area contributed by atoms with Crippen LogP contribution in [0.3, 0.4) is 0 Å². The molecular formula is C19H19N3O5S. The second kappa shape index (κ2) is 8.59. The Morgan fingerprint density at radius 2 is 1.75 bits per heavy atom. The van der Waals surface area contributed by atoms with Crippen LogP contribution in [0.15, 0.2) is 76.2 Å². The molecule has 0 aliphatic carbocycles. The van der Waals surface area contributed by atoms with E-state index in [9.17, 15) is 13.2 Å². The third-order valence-corrected chi connectivity index (χ3v) is 5.21. The summed E-state index contributed by atoms with van der Waals surface area (Å²) in [5.74, 6) is 1.04. The molecule has 3 rings (SSSR count). The molecule has 0 saturated carbocycles. The molecule has 0 radical (unpaired) electrons. The molecule has 0 unspecified atom stereocenters. The second-order valence-electron chi connectivity index (χ2n) is 5.71. The van der Waals surface area contributed by atoms with E-state index >= 15 is 0 Å². The number of para-hydroxylation sites is 2. The number of amides is 2. The van der Waals surface area contributed by atoms with Gasteiger partial charge in [0.2, 0.25) is 10.0 Å². The molecule has 8 nitrogen and oxygen atoms in total. The first-order valence-corrected chi connectivity index (χ1v) is 9.79. The second-order valence-corrected chi connectivity index (χ2v) is 7.47. The number of hydrogen-bond donors (Lipinski definition) is 3. The summed E-state index contributed by atoms with van der Waals surface area (Å²) in [6.07, 6.45) is 1.47. The molecule has 3 N–H and O–H groups in total. The maximum atomic E-state index is 12.3. The largest absolute Gasteiger partial charge is 0.495 e. The highest BCUT2D eigenvalue weighted by atomic mass is 32.2. The number of methoxy groups -OCH3 is 1. The van der Waals surface area contributed by atoms with Crippen molar-refractivity contribution < 1.29 is 22.4 Å². The highest BCUT2D eigenvalue weighted by Gasteiger charge is 2.14. The van der Waals surface area contributed by atoms with Crippen LogP contribution >= 0.6 is 0 Å². The van der Waals surface area contributed by atoms with E-state index in [1.54, 1.807) is 36.4 Å². The number of rotatable bonds is 7. The van der Waals surface area contributed by atoms with Crippen LogP contribution in [-0.4, -0.2) is 21.6 Å². The van der Waals surface area contributed by atoms with Gasteiger partial charge in [0.05, 0.1) is 30.5 Å². The van der Waals surface area contributed by atoms with Crippen molar-refractivity contribution in [1.82, 2.24) is 4.72 Å². The van der Waals surface area contributed by atoms with Gasteiger partial charge in [-0.15, -0.1) is 0 Å². The first-order chi connectivity index (χ1) is 13.5. The molecule has 0 bridgehead atoms. The Bertz CT molecular complexity index is 1030. The van der Waals surface area contributed by atoms with E-state index in [2.05, 4.69) is 15.4 Å². The standard InChI is InChI=1S/C19H19N3O5S/c1-26-18-7-3-2-6-17(18)22-19(23)21-14-8-10-16(11-9-14)28(24,25)20-13-15-5-4-12-27-15/h2-12,20H,13H2,1H3,(H2,21,22,23). The molecule has 1 heterocycles.